The average Bonchev–Trinajstić information content (AvgIpc) is 2.83. The molecule has 0 saturated heterocycles. The molecule has 1 amide bonds. The fourth-order valence-electron chi connectivity index (χ4n) is 2.54. The van der Waals surface area contributed by atoms with E-state index in [0.29, 0.717) is 23.4 Å². The lowest BCUT2D eigenvalue weighted by atomic mass is 9.74. The second kappa shape index (κ2) is 5.69. The lowest BCUT2D eigenvalue weighted by Crippen LogP contribution is -2.44. The topological polar surface area (TPSA) is 79.3 Å². The van der Waals surface area contributed by atoms with Gasteiger partial charge in [-0.05, 0) is 19.8 Å². The molecule has 0 atom stereocenters. The van der Waals surface area contributed by atoms with E-state index in [0.717, 1.165) is 19.3 Å². The highest BCUT2D eigenvalue weighted by Crippen LogP contribution is 2.36. The first-order chi connectivity index (χ1) is 9.05. The predicted octanol–water partition coefficient (Wildman–Crippen LogP) is 2.22. The van der Waals surface area contributed by atoms with Crippen LogP contribution in [0.25, 0.3) is 0 Å². The fourth-order valence-corrected chi connectivity index (χ4v) is 3.26. The number of nitrogens with one attached hydrogen (secondary N) is 1. The summed E-state index contributed by atoms with van der Waals surface area (Å²) in [5.74, 6) is -1.01. The van der Waals surface area contributed by atoms with Crippen LogP contribution in [-0.2, 0) is 4.79 Å². The maximum Gasteiger partial charge on any atom is 0.311 e. The number of rotatable bonds is 4. The summed E-state index contributed by atoms with van der Waals surface area (Å²) in [6.07, 6.45) is 4.20. The van der Waals surface area contributed by atoms with Crippen LogP contribution in [0.1, 0.15) is 47.5 Å². The van der Waals surface area contributed by atoms with E-state index in [1.165, 1.54) is 11.3 Å². The first-order valence-electron chi connectivity index (χ1n) is 6.47. The molecular formula is C13H18N2O3S. The summed E-state index contributed by atoms with van der Waals surface area (Å²) >= 11 is 1.28. The Hall–Kier alpha value is -1.43. The van der Waals surface area contributed by atoms with Crippen molar-refractivity contribution in [3.05, 3.63) is 16.1 Å². The molecule has 1 heterocycles. The lowest BCUT2D eigenvalue weighted by Gasteiger charge is -2.33. The number of aryl methyl sites for hydroxylation is 1. The van der Waals surface area contributed by atoms with Gasteiger partial charge >= 0.3 is 5.97 Å². The molecule has 2 rings (SSSR count). The van der Waals surface area contributed by atoms with Crippen LogP contribution in [0.3, 0.4) is 0 Å². The van der Waals surface area contributed by atoms with Crippen LogP contribution in [-0.4, -0.2) is 28.5 Å². The van der Waals surface area contributed by atoms with Crippen molar-refractivity contribution in [3.8, 4) is 0 Å². The van der Waals surface area contributed by atoms with Crippen molar-refractivity contribution in [1.82, 2.24) is 10.3 Å². The predicted molar refractivity (Wildman–Crippen MR) is 72.3 cm³/mol. The zero-order valence-electron chi connectivity index (χ0n) is 10.9. The third-order valence-corrected chi connectivity index (χ3v) is 4.73. The monoisotopic (exact) mass is 282 g/mol. The minimum absolute atomic E-state index is 0.207. The Kier molecular flexibility index (Phi) is 4.19. The van der Waals surface area contributed by atoms with Crippen molar-refractivity contribution in [1.29, 1.82) is 0 Å². The number of carbonyl (C=O) groups excluding carboxylic acids is 1. The molecule has 1 aromatic rings. The summed E-state index contributed by atoms with van der Waals surface area (Å²) in [6.45, 7) is 1.98. The quantitative estimate of drug-likeness (QED) is 0.887. The van der Waals surface area contributed by atoms with Crippen molar-refractivity contribution >= 4 is 23.2 Å². The van der Waals surface area contributed by atoms with Crippen LogP contribution in [0.2, 0.25) is 0 Å². The maximum atomic E-state index is 12.0. The second-order valence-corrected chi connectivity index (χ2v) is 5.95. The Labute approximate surface area is 116 Å². The maximum absolute atomic E-state index is 12.0. The van der Waals surface area contributed by atoms with Gasteiger partial charge < -0.3 is 10.4 Å². The van der Waals surface area contributed by atoms with Crippen molar-refractivity contribution < 1.29 is 14.7 Å². The normalized spacial score (nSPS) is 17.9. The minimum atomic E-state index is -0.798. The number of carbonyl (C=O) groups is 2. The van der Waals surface area contributed by atoms with Gasteiger partial charge in [-0.15, -0.1) is 11.3 Å². The number of aliphatic carboxylic acids is 1. The van der Waals surface area contributed by atoms with E-state index >= 15 is 0 Å². The van der Waals surface area contributed by atoms with Crippen LogP contribution in [0, 0.1) is 12.3 Å². The third kappa shape index (κ3) is 2.94. The van der Waals surface area contributed by atoms with E-state index in [1.807, 2.05) is 0 Å². The van der Waals surface area contributed by atoms with Crippen LogP contribution in [0.15, 0.2) is 5.51 Å². The Morgan fingerprint density at radius 2 is 2.11 bits per heavy atom. The molecule has 19 heavy (non-hydrogen) atoms. The largest absolute Gasteiger partial charge is 0.481 e. The Morgan fingerprint density at radius 3 is 2.63 bits per heavy atom. The lowest BCUT2D eigenvalue weighted by molar-refractivity contribution is -0.150. The zero-order valence-corrected chi connectivity index (χ0v) is 11.8. The average molecular weight is 282 g/mol. The zero-order chi connectivity index (χ0) is 13.9. The van der Waals surface area contributed by atoms with Crippen molar-refractivity contribution in [2.75, 3.05) is 6.54 Å². The molecule has 0 radical (unpaired) electrons. The summed E-state index contributed by atoms with van der Waals surface area (Å²) in [5.41, 5.74) is 1.53. The first-order valence-corrected chi connectivity index (χ1v) is 7.35. The molecule has 5 nitrogen and oxygen atoms in total. The number of thiazole rings is 1. The van der Waals surface area contributed by atoms with Crippen LogP contribution >= 0.6 is 11.3 Å². The number of aromatic nitrogens is 1. The SMILES string of the molecule is Cc1ncsc1C(=O)NCC1(C(=O)O)CCCCC1. The molecule has 0 spiro atoms. The van der Waals surface area contributed by atoms with Crippen LogP contribution < -0.4 is 5.32 Å². The summed E-state index contributed by atoms with van der Waals surface area (Å²) in [6, 6.07) is 0. The summed E-state index contributed by atoms with van der Waals surface area (Å²) < 4.78 is 0. The minimum Gasteiger partial charge on any atom is -0.481 e. The summed E-state index contributed by atoms with van der Waals surface area (Å²) in [7, 11) is 0. The third-order valence-electron chi connectivity index (χ3n) is 3.80. The van der Waals surface area contributed by atoms with Crippen LogP contribution in [0.4, 0.5) is 0 Å². The molecule has 6 heteroatoms. The summed E-state index contributed by atoms with van der Waals surface area (Å²) in [5, 5.41) is 12.2. The molecule has 0 aromatic carbocycles. The number of nitrogens with zero attached hydrogens (tertiary/aromatic N) is 1. The number of hydrogen-bond donors (Lipinski definition) is 2. The smallest absolute Gasteiger partial charge is 0.311 e. The molecule has 2 N–H and O–H groups in total. The fraction of sp³-hybridized carbons (Fsp3) is 0.615. The van der Waals surface area contributed by atoms with E-state index in [1.54, 1.807) is 12.4 Å². The van der Waals surface area contributed by atoms with E-state index in [-0.39, 0.29) is 12.5 Å². The Bertz CT molecular complexity index is 478. The molecule has 0 bridgehead atoms. The van der Waals surface area contributed by atoms with Gasteiger partial charge in [-0.25, -0.2) is 4.98 Å². The summed E-state index contributed by atoms with van der Waals surface area (Å²) in [4.78, 5) is 28.1. The van der Waals surface area contributed by atoms with Gasteiger partial charge in [0.15, 0.2) is 0 Å². The highest BCUT2D eigenvalue weighted by Gasteiger charge is 2.39. The van der Waals surface area contributed by atoms with E-state index in [4.69, 9.17) is 0 Å². The molecular weight excluding hydrogens is 264 g/mol. The highest BCUT2D eigenvalue weighted by molar-refractivity contribution is 7.11. The van der Waals surface area contributed by atoms with Crippen molar-refractivity contribution in [2.45, 2.75) is 39.0 Å². The van der Waals surface area contributed by atoms with Gasteiger partial charge in [0.1, 0.15) is 4.88 Å². The number of carboxylic acid groups (broad SMARTS) is 1. The number of hydrogen-bond acceptors (Lipinski definition) is 4. The molecule has 1 aromatic heterocycles. The van der Waals surface area contributed by atoms with Gasteiger partial charge in [-0.3, -0.25) is 9.59 Å². The van der Waals surface area contributed by atoms with Gasteiger partial charge in [0.05, 0.1) is 16.6 Å². The molecule has 104 valence electrons. The van der Waals surface area contributed by atoms with Crippen molar-refractivity contribution in [3.63, 3.8) is 0 Å². The standard InChI is InChI=1S/C13H18N2O3S/c1-9-10(19-8-15-9)11(16)14-7-13(12(17)18)5-3-2-4-6-13/h8H,2-7H2,1H3,(H,14,16)(H,17,18). The molecule has 1 aliphatic carbocycles. The molecule has 1 aliphatic rings. The number of amides is 1. The molecule has 1 saturated carbocycles. The molecule has 0 unspecified atom stereocenters. The van der Waals surface area contributed by atoms with E-state index in [9.17, 15) is 14.7 Å². The Balaban J connectivity index is 2.02. The van der Waals surface area contributed by atoms with Gasteiger partial charge in [0.2, 0.25) is 0 Å². The van der Waals surface area contributed by atoms with Gasteiger partial charge in [-0.2, -0.15) is 0 Å². The second-order valence-electron chi connectivity index (χ2n) is 5.10. The van der Waals surface area contributed by atoms with E-state index < -0.39 is 11.4 Å². The van der Waals surface area contributed by atoms with E-state index in [2.05, 4.69) is 10.3 Å². The Morgan fingerprint density at radius 1 is 1.42 bits per heavy atom. The molecule has 0 aliphatic heterocycles. The first kappa shape index (κ1) is 14.0. The van der Waals surface area contributed by atoms with Crippen LogP contribution in [0.5, 0.6) is 0 Å². The van der Waals surface area contributed by atoms with Crippen molar-refractivity contribution in [2.24, 2.45) is 5.41 Å². The number of carboxylic acids is 1. The van der Waals surface area contributed by atoms with Gasteiger partial charge in [0, 0.05) is 6.54 Å². The molecule has 1 fully saturated rings. The van der Waals surface area contributed by atoms with Gasteiger partial charge in [-0.1, -0.05) is 19.3 Å². The van der Waals surface area contributed by atoms with Gasteiger partial charge in [0.25, 0.3) is 5.91 Å². The highest BCUT2D eigenvalue weighted by atomic mass is 32.1.